The van der Waals surface area contributed by atoms with Crippen LogP contribution in [0.4, 0.5) is 27.6 Å². The molecule has 0 unspecified atom stereocenters. The Morgan fingerprint density at radius 2 is 1.47 bits per heavy atom. The first-order valence-corrected chi connectivity index (χ1v) is 14.2. The Balaban J connectivity index is 2.34. The second kappa shape index (κ2) is 13.2. The van der Waals surface area contributed by atoms with Crippen LogP contribution >= 0.6 is 0 Å². The summed E-state index contributed by atoms with van der Waals surface area (Å²) in [5.41, 5.74) is 0.0866. The van der Waals surface area contributed by atoms with E-state index >= 15 is 0 Å². The maximum absolute atomic E-state index is 14.3. The smallest absolute Gasteiger partial charge is 0.346 e. The number of benzene rings is 2. The van der Waals surface area contributed by atoms with Crippen molar-refractivity contribution in [3.63, 3.8) is 0 Å². The molecule has 0 saturated carbocycles. The molecule has 2 aromatic carbocycles. The predicted octanol–water partition coefficient (Wildman–Crippen LogP) is 6.93. The first kappa shape index (κ1) is 31.3. The Morgan fingerprint density at radius 3 is 1.89 bits per heavy atom. The third-order valence-corrected chi connectivity index (χ3v) is 6.46. The molecule has 0 spiro atoms. The van der Waals surface area contributed by atoms with Crippen molar-refractivity contribution in [2.24, 2.45) is 0 Å². The second-order valence-corrected chi connectivity index (χ2v) is 11.0. The standard InChI is InChI=1S/C27H33F5N2O3S/c1-5-7-9-18-13-21(27(30,31)32)14-19(10-8-6-2)22(18)11-12-25(35)33-17(3)20-15-23(28)26(24(29)16-20)34-38(4,36)37/h11-17,34H,5-10H2,1-4H3,(H,33,35)/t17-/m1/s1. The van der Waals surface area contributed by atoms with Gasteiger partial charge in [-0.05, 0) is 85.2 Å². The van der Waals surface area contributed by atoms with Crippen LogP contribution < -0.4 is 10.0 Å². The lowest BCUT2D eigenvalue weighted by Gasteiger charge is -2.17. The van der Waals surface area contributed by atoms with Crippen LogP contribution in [-0.2, 0) is 33.8 Å². The average Bonchev–Trinajstić information content (AvgIpc) is 2.81. The summed E-state index contributed by atoms with van der Waals surface area (Å²) in [6.45, 7) is 5.36. The number of hydrogen-bond donors (Lipinski definition) is 2. The molecule has 0 radical (unpaired) electrons. The van der Waals surface area contributed by atoms with Crippen molar-refractivity contribution in [2.75, 3.05) is 11.0 Å². The molecule has 11 heteroatoms. The van der Waals surface area contributed by atoms with Crippen molar-refractivity contribution in [3.8, 4) is 0 Å². The van der Waals surface area contributed by atoms with Crippen LogP contribution in [0.15, 0.2) is 30.3 Å². The predicted molar refractivity (Wildman–Crippen MR) is 139 cm³/mol. The molecule has 0 aliphatic rings. The van der Waals surface area contributed by atoms with Gasteiger partial charge in [-0.3, -0.25) is 9.52 Å². The number of amides is 1. The molecule has 0 heterocycles. The maximum Gasteiger partial charge on any atom is 0.416 e. The second-order valence-electron chi connectivity index (χ2n) is 9.21. The highest BCUT2D eigenvalue weighted by molar-refractivity contribution is 7.92. The van der Waals surface area contributed by atoms with Crippen molar-refractivity contribution in [3.05, 3.63) is 69.8 Å². The lowest BCUT2D eigenvalue weighted by atomic mass is 9.91. The van der Waals surface area contributed by atoms with E-state index in [-0.39, 0.29) is 5.56 Å². The largest absolute Gasteiger partial charge is 0.416 e. The molecule has 0 saturated heterocycles. The van der Waals surface area contributed by atoms with Gasteiger partial charge >= 0.3 is 6.18 Å². The van der Waals surface area contributed by atoms with Gasteiger partial charge in [-0.25, -0.2) is 17.2 Å². The van der Waals surface area contributed by atoms with Crippen molar-refractivity contribution >= 4 is 27.7 Å². The van der Waals surface area contributed by atoms with Crippen molar-refractivity contribution in [2.45, 2.75) is 71.5 Å². The number of nitrogens with one attached hydrogen (secondary N) is 2. The number of hydrogen-bond acceptors (Lipinski definition) is 3. The number of halogens is 5. The van der Waals surface area contributed by atoms with E-state index in [2.05, 4.69) is 5.32 Å². The molecule has 2 aromatic rings. The van der Waals surface area contributed by atoms with E-state index in [1.54, 1.807) is 4.72 Å². The monoisotopic (exact) mass is 560 g/mol. The maximum atomic E-state index is 14.3. The molecule has 210 valence electrons. The average molecular weight is 561 g/mol. The molecular formula is C27H33F5N2O3S. The van der Waals surface area contributed by atoms with Crippen molar-refractivity contribution in [1.82, 2.24) is 5.32 Å². The fourth-order valence-electron chi connectivity index (χ4n) is 3.93. The number of carbonyl (C=O) groups excluding carboxylic acids is 1. The van der Waals surface area contributed by atoms with E-state index < -0.39 is 51.0 Å². The van der Waals surface area contributed by atoms with Crippen LogP contribution in [0, 0.1) is 11.6 Å². The molecule has 1 amide bonds. The fraction of sp³-hybridized carbons (Fsp3) is 0.444. The number of anilines is 1. The summed E-state index contributed by atoms with van der Waals surface area (Å²) < 4.78 is 93.7. The van der Waals surface area contributed by atoms with Crippen LogP contribution in [0.1, 0.15) is 80.3 Å². The number of carbonyl (C=O) groups is 1. The van der Waals surface area contributed by atoms with Crippen molar-refractivity contribution in [1.29, 1.82) is 0 Å². The molecule has 0 aliphatic heterocycles. The van der Waals surface area contributed by atoms with Gasteiger partial charge in [0.05, 0.1) is 17.9 Å². The zero-order chi connectivity index (χ0) is 28.7. The van der Waals surface area contributed by atoms with Crippen LogP contribution in [0.5, 0.6) is 0 Å². The summed E-state index contributed by atoms with van der Waals surface area (Å²) in [5.74, 6) is -2.90. The first-order valence-electron chi connectivity index (χ1n) is 12.3. The highest BCUT2D eigenvalue weighted by Crippen LogP contribution is 2.34. The quantitative estimate of drug-likeness (QED) is 0.218. The molecular weight excluding hydrogens is 527 g/mol. The van der Waals surface area contributed by atoms with Gasteiger partial charge in [-0.1, -0.05) is 26.7 Å². The summed E-state index contributed by atoms with van der Waals surface area (Å²) in [5, 5.41) is 2.57. The van der Waals surface area contributed by atoms with Crippen LogP contribution in [0.25, 0.3) is 6.08 Å². The Kier molecular flexibility index (Phi) is 10.9. The first-order chi connectivity index (χ1) is 17.7. The minimum Gasteiger partial charge on any atom is -0.346 e. The van der Waals surface area contributed by atoms with Crippen LogP contribution in [0.2, 0.25) is 0 Å². The number of rotatable bonds is 12. The molecule has 1 atom stereocenters. The zero-order valence-electron chi connectivity index (χ0n) is 21.8. The van der Waals surface area contributed by atoms with Gasteiger partial charge in [-0.2, -0.15) is 13.2 Å². The minimum atomic E-state index is -4.49. The molecule has 0 aliphatic carbocycles. The SMILES string of the molecule is CCCCc1cc(C(F)(F)F)cc(CCCC)c1C=CC(=O)N[C@H](C)c1cc(F)c(NS(C)(=O)=O)c(F)c1. The third-order valence-electron chi connectivity index (χ3n) is 5.89. The van der Waals surface area contributed by atoms with E-state index in [1.807, 2.05) is 13.8 Å². The fourth-order valence-corrected chi connectivity index (χ4v) is 4.50. The van der Waals surface area contributed by atoms with Gasteiger partial charge in [0.1, 0.15) is 5.69 Å². The molecule has 0 fully saturated rings. The topological polar surface area (TPSA) is 75.3 Å². The Hall–Kier alpha value is -2.95. The molecule has 0 bridgehead atoms. The highest BCUT2D eigenvalue weighted by atomic mass is 32.2. The van der Waals surface area contributed by atoms with Crippen LogP contribution in [-0.4, -0.2) is 20.6 Å². The summed E-state index contributed by atoms with van der Waals surface area (Å²) in [7, 11) is -3.91. The molecule has 38 heavy (non-hydrogen) atoms. The van der Waals surface area contributed by atoms with E-state index in [1.165, 1.54) is 19.1 Å². The molecule has 2 rings (SSSR count). The zero-order valence-corrected chi connectivity index (χ0v) is 22.6. The molecule has 0 aromatic heterocycles. The number of unbranched alkanes of at least 4 members (excludes halogenated alkanes) is 2. The Bertz CT molecular complexity index is 1220. The number of sulfonamides is 1. The van der Waals surface area contributed by atoms with Gasteiger partial charge in [0.15, 0.2) is 11.6 Å². The lowest BCUT2D eigenvalue weighted by molar-refractivity contribution is -0.137. The lowest BCUT2D eigenvalue weighted by Crippen LogP contribution is -2.25. The van der Waals surface area contributed by atoms with Gasteiger partial charge in [0.25, 0.3) is 0 Å². The van der Waals surface area contributed by atoms with Gasteiger partial charge < -0.3 is 5.32 Å². The van der Waals surface area contributed by atoms with Gasteiger partial charge in [0.2, 0.25) is 15.9 Å². The van der Waals surface area contributed by atoms with E-state index in [0.29, 0.717) is 42.4 Å². The Labute approximate surface area is 220 Å². The van der Waals surface area contributed by atoms with E-state index in [0.717, 1.165) is 43.4 Å². The molecule has 2 N–H and O–H groups in total. The normalized spacial score (nSPS) is 13.1. The van der Waals surface area contributed by atoms with Crippen LogP contribution in [0.3, 0.4) is 0 Å². The summed E-state index contributed by atoms with van der Waals surface area (Å²) in [4.78, 5) is 12.6. The van der Waals surface area contributed by atoms with E-state index in [9.17, 15) is 35.2 Å². The number of aryl methyl sites for hydroxylation is 2. The van der Waals surface area contributed by atoms with Gasteiger partial charge in [-0.15, -0.1) is 0 Å². The highest BCUT2D eigenvalue weighted by Gasteiger charge is 2.32. The Morgan fingerprint density at radius 1 is 0.974 bits per heavy atom. The third kappa shape index (κ3) is 9.11. The summed E-state index contributed by atoms with van der Waals surface area (Å²) in [6.07, 6.45) is 2.71. The minimum absolute atomic E-state index is 0.0580. The van der Waals surface area contributed by atoms with Crippen molar-refractivity contribution < 1.29 is 35.2 Å². The number of alkyl halides is 3. The van der Waals surface area contributed by atoms with Gasteiger partial charge in [0, 0.05) is 6.08 Å². The van der Waals surface area contributed by atoms with E-state index in [4.69, 9.17) is 0 Å². The summed E-state index contributed by atoms with van der Waals surface area (Å²) in [6, 6.07) is 3.22. The molecule has 5 nitrogen and oxygen atoms in total. The summed E-state index contributed by atoms with van der Waals surface area (Å²) >= 11 is 0.